The lowest BCUT2D eigenvalue weighted by Gasteiger charge is -2.43. The molecule has 5 atom stereocenters. The van der Waals surface area contributed by atoms with E-state index >= 15 is 0 Å². The minimum absolute atomic E-state index is 0.299. The topological polar surface area (TPSA) is 96.0 Å². The van der Waals surface area contributed by atoms with E-state index in [0.29, 0.717) is 12.0 Å². The van der Waals surface area contributed by atoms with E-state index in [1.165, 1.54) is 13.8 Å². The third kappa shape index (κ3) is 5.04. The van der Waals surface area contributed by atoms with Crippen LogP contribution in [0.1, 0.15) is 41.0 Å². The number of rotatable bonds is 6. The van der Waals surface area contributed by atoms with Gasteiger partial charge in [0.1, 0.15) is 6.10 Å². The van der Waals surface area contributed by atoms with E-state index in [1.807, 2.05) is 6.92 Å². The van der Waals surface area contributed by atoms with E-state index in [2.05, 4.69) is 6.58 Å². The molecule has 1 aliphatic heterocycles. The Morgan fingerprint density at radius 3 is 2.00 bits per heavy atom. The molecule has 0 amide bonds. The molecule has 0 bridgehead atoms. The molecule has 1 fully saturated rings. The second kappa shape index (κ2) is 8.11. The molecule has 0 aromatic heterocycles. The summed E-state index contributed by atoms with van der Waals surface area (Å²) in [5.74, 6) is -1.86. The van der Waals surface area contributed by atoms with E-state index in [-0.39, 0.29) is 11.7 Å². The molecular weight excluding hydrogens is 336 g/mol. The summed E-state index contributed by atoms with van der Waals surface area (Å²) in [6.45, 7) is 11.2. The molecule has 0 aliphatic carbocycles. The molecule has 0 saturated carbocycles. The summed E-state index contributed by atoms with van der Waals surface area (Å²) in [6.07, 6.45) is -2.01. The first kappa shape index (κ1) is 20.6. The Hall–Kier alpha value is -1.41. The zero-order chi connectivity index (χ0) is 18.7. The summed E-state index contributed by atoms with van der Waals surface area (Å²) in [7, 11) is -3.80. The molecule has 1 unspecified atom stereocenters. The van der Waals surface area contributed by atoms with Crippen LogP contribution >= 0.6 is 0 Å². The van der Waals surface area contributed by atoms with Gasteiger partial charge >= 0.3 is 11.9 Å². The van der Waals surface area contributed by atoms with Crippen molar-refractivity contribution in [3.05, 3.63) is 12.2 Å². The van der Waals surface area contributed by atoms with Crippen LogP contribution < -0.4 is 0 Å². The van der Waals surface area contributed by atoms with Crippen molar-refractivity contribution in [1.82, 2.24) is 0 Å². The standard InChI is InChI=1S/C16H26O7S/c1-7-13-10(4)14(21-11(5)17)15(22-12(6)18)16(23-13)24(19,20)8-9(2)3/h10,13-16H,2,7-8H2,1,3-6H3/t10-,13+,14-,15+,16?/m0/s1. The van der Waals surface area contributed by atoms with E-state index in [4.69, 9.17) is 14.2 Å². The first-order chi connectivity index (χ1) is 11.0. The highest BCUT2D eigenvalue weighted by Gasteiger charge is 2.52. The molecule has 0 spiro atoms. The van der Waals surface area contributed by atoms with Gasteiger partial charge in [0.2, 0.25) is 0 Å². The quantitative estimate of drug-likeness (QED) is 0.523. The van der Waals surface area contributed by atoms with Gasteiger partial charge < -0.3 is 14.2 Å². The maximum Gasteiger partial charge on any atom is 0.303 e. The molecule has 138 valence electrons. The van der Waals surface area contributed by atoms with Gasteiger partial charge in [-0.2, -0.15) is 0 Å². The van der Waals surface area contributed by atoms with Crippen molar-refractivity contribution in [2.24, 2.45) is 5.92 Å². The summed E-state index contributed by atoms with van der Waals surface area (Å²) in [5.41, 5.74) is -0.959. The number of sulfone groups is 1. The lowest BCUT2D eigenvalue weighted by atomic mass is 9.89. The average Bonchev–Trinajstić information content (AvgIpc) is 2.40. The minimum Gasteiger partial charge on any atom is -0.458 e. The summed E-state index contributed by atoms with van der Waals surface area (Å²) < 4.78 is 41.6. The van der Waals surface area contributed by atoms with Crippen molar-refractivity contribution in [3.8, 4) is 0 Å². The molecule has 1 heterocycles. The summed E-state index contributed by atoms with van der Waals surface area (Å²) in [4.78, 5) is 22.9. The highest BCUT2D eigenvalue weighted by molar-refractivity contribution is 7.92. The fourth-order valence-corrected chi connectivity index (χ4v) is 4.68. The van der Waals surface area contributed by atoms with E-state index in [0.717, 1.165) is 0 Å². The first-order valence-electron chi connectivity index (χ1n) is 7.85. The fourth-order valence-electron chi connectivity index (χ4n) is 2.90. The van der Waals surface area contributed by atoms with Crippen molar-refractivity contribution in [2.45, 2.75) is 64.8 Å². The summed E-state index contributed by atoms with van der Waals surface area (Å²) in [6, 6.07) is 0. The predicted molar refractivity (Wildman–Crippen MR) is 87.8 cm³/mol. The van der Waals surface area contributed by atoms with Crippen LogP contribution in [0.3, 0.4) is 0 Å². The van der Waals surface area contributed by atoms with Gasteiger partial charge in [-0.05, 0) is 13.3 Å². The van der Waals surface area contributed by atoms with Crippen LogP contribution in [0.2, 0.25) is 0 Å². The Morgan fingerprint density at radius 2 is 1.58 bits per heavy atom. The Morgan fingerprint density at radius 1 is 1.08 bits per heavy atom. The highest BCUT2D eigenvalue weighted by atomic mass is 32.2. The van der Waals surface area contributed by atoms with Gasteiger partial charge in [0.25, 0.3) is 0 Å². The number of ether oxygens (including phenoxy) is 3. The molecular formula is C16H26O7S. The van der Waals surface area contributed by atoms with Crippen LogP contribution in [-0.2, 0) is 33.6 Å². The molecule has 1 aliphatic rings. The van der Waals surface area contributed by atoms with Gasteiger partial charge in [-0.3, -0.25) is 9.59 Å². The van der Waals surface area contributed by atoms with Gasteiger partial charge in [-0.1, -0.05) is 26.0 Å². The SMILES string of the molecule is C=C(C)CS(=O)(=O)C1O[C@H](CC)[C@H](C)[C@H](OC(C)=O)[C@H]1OC(C)=O. The van der Waals surface area contributed by atoms with Crippen molar-refractivity contribution in [1.29, 1.82) is 0 Å². The van der Waals surface area contributed by atoms with Crippen molar-refractivity contribution >= 4 is 21.8 Å². The maximum atomic E-state index is 12.7. The molecule has 0 aromatic rings. The normalized spacial score (nSPS) is 30.5. The molecule has 0 radical (unpaired) electrons. The van der Waals surface area contributed by atoms with Crippen molar-refractivity contribution in [3.63, 3.8) is 0 Å². The summed E-state index contributed by atoms with van der Waals surface area (Å²) >= 11 is 0. The third-order valence-electron chi connectivity index (χ3n) is 3.81. The van der Waals surface area contributed by atoms with Gasteiger partial charge in [0, 0.05) is 19.8 Å². The van der Waals surface area contributed by atoms with Crippen molar-refractivity contribution in [2.75, 3.05) is 5.75 Å². The van der Waals surface area contributed by atoms with E-state index < -0.39 is 45.5 Å². The van der Waals surface area contributed by atoms with E-state index in [1.54, 1.807) is 13.8 Å². The zero-order valence-corrected chi connectivity index (χ0v) is 15.6. The van der Waals surface area contributed by atoms with Crippen LogP contribution in [0.5, 0.6) is 0 Å². The lowest BCUT2D eigenvalue weighted by Crippen LogP contribution is -2.59. The smallest absolute Gasteiger partial charge is 0.303 e. The largest absolute Gasteiger partial charge is 0.458 e. The Balaban J connectivity index is 3.31. The van der Waals surface area contributed by atoms with Crippen LogP contribution in [-0.4, -0.2) is 49.9 Å². The second-order valence-corrected chi connectivity index (χ2v) is 8.30. The minimum atomic E-state index is -3.80. The van der Waals surface area contributed by atoms with Gasteiger partial charge in [0.05, 0.1) is 11.9 Å². The Bertz CT molecular complexity index is 596. The maximum absolute atomic E-state index is 12.7. The number of esters is 2. The van der Waals surface area contributed by atoms with Gasteiger partial charge in [0.15, 0.2) is 21.4 Å². The first-order valence-corrected chi connectivity index (χ1v) is 9.57. The molecule has 1 saturated heterocycles. The fraction of sp³-hybridized carbons (Fsp3) is 0.750. The van der Waals surface area contributed by atoms with Crippen LogP contribution in [0.4, 0.5) is 0 Å². The number of hydrogen-bond donors (Lipinski definition) is 0. The number of hydrogen-bond acceptors (Lipinski definition) is 7. The average molecular weight is 362 g/mol. The second-order valence-electron chi connectivity index (χ2n) is 6.22. The van der Waals surface area contributed by atoms with Crippen LogP contribution in [0, 0.1) is 5.92 Å². The van der Waals surface area contributed by atoms with Gasteiger partial charge in [-0.25, -0.2) is 8.42 Å². The summed E-state index contributed by atoms with van der Waals surface area (Å²) in [5, 5.41) is 0. The van der Waals surface area contributed by atoms with Crippen LogP contribution in [0.15, 0.2) is 12.2 Å². The molecule has 0 aromatic carbocycles. The lowest BCUT2D eigenvalue weighted by molar-refractivity contribution is -0.208. The zero-order valence-electron chi connectivity index (χ0n) is 14.8. The number of carbonyl (C=O) groups excluding carboxylic acids is 2. The molecule has 8 heteroatoms. The van der Waals surface area contributed by atoms with Crippen molar-refractivity contribution < 1.29 is 32.2 Å². The molecule has 1 rings (SSSR count). The Kier molecular flexibility index (Phi) is 6.97. The number of carbonyl (C=O) groups is 2. The van der Waals surface area contributed by atoms with Gasteiger partial charge in [-0.15, -0.1) is 0 Å². The third-order valence-corrected chi connectivity index (χ3v) is 5.80. The molecule has 0 N–H and O–H groups in total. The highest BCUT2D eigenvalue weighted by Crippen LogP contribution is 2.34. The predicted octanol–water partition coefficient (Wildman–Crippen LogP) is 1.61. The van der Waals surface area contributed by atoms with Crippen LogP contribution in [0.25, 0.3) is 0 Å². The molecule has 24 heavy (non-hydrogen) atoms. The monoisotopic (exact) mass is 362 g/mol. The molecule has 7 nitrogen and oxygen atoms in total. The van der Waals surface area contributed by atoms with E-state index in [9.17, 15) is 18.0 Å². The Labute approximate surface area is 143 Å².